The van der Waals surface area contributed by atoms with Gasteiger partial charge in [-0.25, -0.2) is 4.98 Å². The number of hydrogen-bond acceptors (Lipinski definition) is 4. The smallest absolute Gasteiger partial charge is 0.153 e. The van der Waals surface area contributed by atoms with E-state index in [1.54, 1.807) is 6.20 Å². The first kappa shape index (κ1) is 11.4. The van der Waals surface area contributed by atoms with Gasteiger partial charge in [0.2, 0.25) is 0 Å². The van der Waals surface area contributed by atoms with Gasteiger partial charge in [-0.2, -0.15) is 0 Å². The highest BCUT2D eigenvalue weighted by molar-refractivity contribution is 6.05. The summed E-state index contributed by atoms with van der Waals surface area (Å²) < 4.78 is 0. The SMILES string of the molecule is CCNc1c[nH]c2ncc(C=O)c(NCC)c12. The van der Waals surface area contributed by atoms with Gasteiger partial charge in [-0.15, -0.1) is 0 Å². The number of hydrogen-bond donors (Lipinski definition) is 3. The normalized spacial score (nSPS) is 10.5. The van der Waals surface area contributed by atoms with Crippen LogP contribution in [-0.2, 0) is 0 Å². The summed E-state index contributed by atoms with van der Waals surface area (Å²) in [5, 5.41) is 7.42. The van der Waals surface area contributed by atoms with Gasteiger partial charge in [-0.3, -0.25) is 4.79 Å². The summed E-state index contributed by atoms with van der Waals surface area (Å²) in [7, 11) is 0. The van der Waals surface area contributed by atoms with E-state index in [0.717, 1.165) is 41.8 Å². The summed E-state index contributed by atoms with van der Waals surface area (Å²) >= 11 is 0. The molecule has 0 unspecified atom stereocenters. The largest absolute Gasteiger partial charge is 0.384 e. The Bertz CT molecular complexity index is 533. The molecule has 0 spiro atoms. The van der Waals surface area contributed by atoms with E-state index < -0.39 is 0 Å². The predicted octanol–water partition coefficient (Wildman–Crippen LogP) is 2.24. The lowest BCUT2D eigenvalue weighted by atomic mass is 10.1. The molecular formula is C12H16N4O. The molecule has 0 radical (unpaired) electrons. The van der Waals surface area contributed by atoms with Gasteiger partial charge in [0, 0.05) is 25.5 Å². The number of H-pyrrole nitrogens is 1. The molecular weight excluding hydrogens is 216 g/mol. The summed E-state index contributed by atoms with van der Waals surface area (Å²) in [6.07, 6.45) is 4.28. The highest BCUT2D eigenvalue weighted by Crippen LogP contribution is 2.31. The maximum Gasteiger partial charge on any atom is 0.153 e. The Morgan fingerprint density at radius 2 is 2.12 bits per heavy atom. The van der Waals surface area contributed by atoms with E-state index in [1.807, 2.05) is 20.0 Å². The van der Waals surface area contributed by atoms with Crippen LogP contribution in [0.5, 0.6) is 0 Å². The van der Waals surface area contributed by atoms with E-state index in [-0.39, 0.29) is 0 Å². The number of aromatic nitrogens is 2. The molecule has 0 bridgehead atoms. The quantitative estimate of drug-likeness (QED) is 0.691. The van der Waals surface area contributed by atoms with Crippen LogP contribution in [0.25, 0.3) is 11.0 Å². The number of aldehydes is 1. The Kier molecular flexibility index (Phi) is 3.27. The van der Waals surface area contributed by atoms with Crippen molar-refractivity contribution in [1.29, 1.82) is 0 Å². The van der Waals surface area contributed by atoms with E-state index in [2.05, 4.69) is 20.6 Å². The van der Waals surface area contributed by atoms with Gasteiger partial charge in [0.1, 0.15) is 5.65 Å². The third-order valence-electron chi connectivity index (χ3n) is 2.58. The van der Waals surface area contributed by atoms with Crippen LogP contribution in [0.15, 0.2) is 12.4 Å². The lowest BCUT2D eigenvalue weighted by Crippen LogP contribution is -2.03. The minimum atomic E-state index is 0.582. The average molecular weight is 232 g/mol. The Morgan fingerprint density at radius 3 is 2.76 bits per heavy atom. The molecule has 3 N–H and O–H groups in total. The van der Waals surface area contributed by atoms with Crippen LogP contribution in [0.3, 0.4) is 0 Å². The van der Waals surface area contributed by atoms with Gasteiger partial charge in [-0.05, 0) is 13.8 Å². The number of carbonyl (C=O) groups excluding carboxylic acids is 1. The van der Waals surface area contributed by atoms with Crippen LogP contribution < -0.4 is 10.6 Å². The summed E-state index contributed by atoms with van der Waals surface area (Å²) in [6, 6.07) is 0. The summed E-state index contributed by atoms with van der Waals surface area (Å²) in [5.74, 6) is 0. The minimum absolute atomic E-state index is 0.582. The zero-order chi connectivity index (χ0) is 12.3. The molecule has 2 aromatic rings. The Labute approximate surface area is 99.6 Å². The third-order valence-corrected chi connectivity index (χ3v) is 2.58. The molecule has 0 saturated heterocycles. The van der Waals surface area contributed by atoms with Gasteiger partial charge >= 0.3 is 0 Å². The van der Waals surface area contributed by atoms with Crippen LogP contribution in [0.2, 0.25) is 0 Å². The van der Waals surface area contributed by atoms with Crippen molar-refractivity contribution in [2.75, 3.05) is 23.7 Å². The summed E-state index contributed by atoms with van der Waals surface area (Å²) in [6.45, 7) is 5.61. The fourth-order valence-corrected chi connectivity index (χ4v) is 1.90. The molecule has 2 aromatic heterocycles. The number of fused-ring (bicyclic) bond motifs is 1. The molecule has 0 amide bonds. The van der Waals surface area contributed by atoms with Crippen molar-refractivity contribution < 1.29 is 4.79 Å². The summed E-state index contributed by atoms with van der Waals surface area (Å²) in [5.41, 5.74) is 3.17. The van der Waals surface area contributed by atoms with Crippen molar-refractivity contribution in [2.24, 2.45) is 0 Å². The molecule has 0 saturated carbocycles. The molecule has 17 heavy (non-hydrogen) atoms. The molecule has 5 nitrogen and oxygen atoms in total. The maximum absolute atomic E-state index is 11.0. The number of nitrogens with one attached hydrogen (secondary N) is 3. The fraction of sp³-hybridized carbons (Fsp3) is 0.333. The number of nitrogens with zero attached hydrogens (tertiary/aromatic N) is 1. The first-order valence-electron chi connectivity index (χ1n) is 5.74. The Hall–Kier alpha value is -2.04. The van der Waals surface area contributed by atoms with E-state index in [9.17, 15) is 4.79 Å². The highest BCUT2D eigenvalue weighted by atomic mass is 16.1. The molecule has 0 atom stereocenters. The third kappa shape index (κ3) is 1.95. The monoisotopic (exact) mass is 232 g/mol. The van der Waals surface area contributed by atoms with Crippen LogP contribution >= 0.6 is 0 Å². The lowest BCUT2D eigenvalue weighted by Gasteiger charge is -2.10. The molecule has 2 rings (SSSR count). The molecule has 90 valence electrons. The van der Waals surface area contributed by atoms with E-state index in [4.69, 9.17) is 0 Å². The zero-order valence-electron chi connectivity index (χ0n) is 10.0. The van der Waals surface area contributed by atoms with Crippen LogP contribution in [0.1, 0.15) is 24.2 Å². The van der Waals surface area contributed by atoms with Crippen molar-refractivity contribution >= 4 is 28.7 Å². The summed E-state index contributed by atoms with van der Waals surface area (Å²) in [4.78, 5) is 18.4. The van der Waals surface area contributed by atoms with E-state index in [1.165, 1.54) is 0 Å². The van der Waals surface area contributed by atoms with Crippen LogP contribution in [0.4, 0.5) is 11.4 Å². The number of anilines is 2. The van der Waals surface area contributed by atoms with Crippen molar-refractivity contribution in [3.8, 4) is 0 Å². The van der Waals surface area contributed by atoms with Crippen molar-refractivity contribution in [1.82, 2.24) is 9.97 Å². The lowest BCUT2D eigenvalue weighted by molar-refractivity contribution is 0.112. The van der Waals surface area contributed by atoms with Gasteiger partial charge < -0.3 is 15.6 Å². The van der Waals surface area contributed by atoms with E-state index >= 15 is 0 Å². The topological polar surface area (TPSA) is 69.8 Å². The molecule has 0 aliphatic heterocycles. The van der Waals surface area contributed by atoms with Crippen molar-refractivity contribution in [3.63, 3.8) is 0 Å². The maximum atomic E-state index is 11.0. The Balaban J connectivity index is 2.66. The highest BCUT2D eigenvalue weighted by Gasteiger charge is 2.12. The van der Waals surface area contributed by atoms with Gasteiger partial charge in [0.15, 0.2) is 6.29 Å². The second-order valence-corrected chi connectivity index (χ2v) is 3.69. The van der Waals surface area contributed by atoms with Gasteiger partial charge in [0.05, 0.1) is 22.3 Å². The van der Waals surface area contributed by atoms with Gasteiger partial charge in [-0.1, -0.05) is 0 Å². The second kappa shape index (κ2) is 4.86. The molecule has 0 aromatic carbocycles. The molecule has 0 fully saturated rings. The zero-order valence-corrected chi connectivity index (χ0v) is 10.0. The van der Waals surface area contributed by atoms with Crippen molar-refractivity contribution in [3.05, 3.63) is 18.0 Å². The minimum Gasteiger partial charge on any atom is -0.384 e. The van der Waals surface area contributed by atoms with Gasteiger partial charge in [0.25, 0.3) is 0 Å². The number of aromatic amines is 1. The first-order chi connectivity index (χ1) is 8.31. The molecule has 0 aliphatic rings. The predicted molar refractivity (Wildman–Crippen MR) is 69.8 cm³/mol. The average Bonchev–Trinajstić information content (AvgIpc) is 2.74. The number of pyridine rings is 1. The fourth-order valence-electron chi connectivity index (χ4n) is 1.90. The second-order valence-electron chi connectivity index (χ2n) is 3.69. The van der Waals surface area contributed by atoms with E-state index in [0.29, 0.717) is 5.56 Å². The number of rotatable bonds is 5. The van der Waals surface area contributed by atoms with Crippen molar-refractivity contribution in [2.45, 2.75) is 13.8 Å². The number of carbonyl (C=O) groups is 1. The van der Waals surface area contributed by atoms with Crippen LogP contribution in [0, 0.1) is 0 Å². The molecule has 5 heteroatoms. The standard InChI is InChI=1S/C12H16N4O/c1-3-13-9-6-16-12-10(9)11(14-4-2)8(7-17)5-15-12/h5-7,13H,3-4H2,1-2H3,(H2,14,15,16). The van der Waals surface area contributed by atoms with Crippen LogP contribution in [-0.4, -0.2) is 29.3 Å². The molecule has 2 heterocycles. The molecule has 0 aliphatic carbocycles. The Morgan fingerprint density at radius 1 is 1.35 bits per heavy atom. The first-order valence-corrected chi connectivity index (χ1v) is 5.74.